The van der Waals surface area contributed by atoms with Crippen molar-refractivity contribution in [2.75, 3.05) is 6.54 Å². The summed E-state index contributed by atoms with van der Waals surface area (Å²) in [6.07, 6.45) is 3.38. The SMILES string of the molecule is Br.C[C@@]12CCN[C@@H](Cc3c(O)cccc31)C2. The molecule has 0 saturated carbocycles. The van der Waals surface area contributed by atoms with Crippen molar-refractivity contribution >= 4 is 17.0 Å². The molecule has 1 heterocycles. The third-order valence-corrected chi connectivity index (χ3v) is 4.06. The number of fused-ring (bicyclic) bond motifs is 4. The first kappa shape index (κ1) is 11.9. The van der Waals surface area contributed by atoms with E-state index in [2.05, 4.69) is 18.3 Å². The van der Waals surface area contributed by atoms with Gasteiger partial charge in [-0.15, -0.1) is 17.0 Å². The van der Waals surface area contributed by atoms with Crippen LogP contribution in [0.2, 0.25) is 0 Å². The van der Waals surface area contributed by atoms with Crippen molar-refractivity contribution in [1.82, 2.24) is 5.32 Å². The van der Waals surface area contributed by atoms with Gasteiger partial charge in [-0.05, 0) is 48.4 Å². The molecule has 1 fully saturated rings. The average molecular weight is 284 g/mol. The number of piperidine rings is 1. The van der Waals surface area contributed by atoms with Crippen molar-refractivity contribution in [3.05, 3.63) is 29.3 Å². The van der Waals surface area contributed by atoms with Crippen LogP contribution in [-0.4, -0.2) is 17.7 Å². The molecule has 0 radical (unpaired) electrons. The number of rotatable bonds is 0. The minimum absolute atomic E-state index is 0. The van der Waals surface area contributed by atoms with Crippen LogP contribution in [0.15, 0.2) is 18.2 Å². The lowest BCUT2D eigenvalue weighted by atomic mass is 9.65. The second-order valence-electron chi connectivity index (χ2n) is 5.17. The number of halogens is 1. The van der Waals surface area contributed by atoms with Crippen LogP contribution in [0.1, 0.15) is 30.9 Å². The van der Waals surface area contributed by atoms with Crippen LogP contribution in [0.4, 0.5) is 0 Å². The topological polar surface area (TPSA) is 32.3 Å². The first-order valence-electron chi connectivity index (χ1n) is 5.74. The molecule has 0 unspecified atom stereocenters. The van der Waals surface area contributed by atoms with Crippen LogP contribution >= 0.6 is 17.0 Å². The number of benzene rings is 1. The van der Waals surface area contributed by atoms with E-state index in [9.17, 15) is 5.11 Å². The summed E-state index contributed by atoms with van der Waals surface area (Å²) in [5.41, 5.74) is 2.83. The van der Waals surface area contributed by atoms with Gasteiger partial charge in [-0.25, -0.2) is 0 Å². The molecule has 88 valence electrons. The number of nitrogens with one attached hydrogen (secondary N) is 1. The molecule has 1 aliphatic carbocycles. The predicted molar refractivity (Wildman–Crippen MR) is 70.5 cm³/mol. The zero-order valence-electron chi connectivity index (χ0n) is 9.49. The van der Waals surface area contributed by atoms with Crippen LogP contribution in [-0.2, 0) is 11.8 Å². The van der Waals surface area contributed by atoms with Gasteiger partial charge in [0.1, 0.15) is 5.75 Å². The molecule has 16 heavy (non-hydrogen) atoms. The van der Waals surface area contributed by atoms with Crippen molar-refractivity contribution in [3.8, 4) is 5.75 Å². The molecule has 0 aromatic heterocycles. The Kier molecular flexibility index (Phi) is 3.01. The van der Waals surface area contributed by atoms with E-state index in [-0.39, 0.29) is 22.4 Å². The molecule has 1 aromatic rings. The van der Waals surface area contributed by atoms with Crippen molar-refractivity contribution in [2.24, 2.45) is 0 Å². The Labute approximate surface area is 107 Å². The summed E-state index contributed by atoms with van der Waals surface area (Å²) < 4.78 is 0. The van der Waals surface area contributed by atoms with Crippen molar-refractivity contribution < 1.29 is 5.11 Å². The molecule has 3 heteroatoms. The fourth-order valence-electron chi connectivity index (χ4n) is 3.26. The van der Waals surface area contributed by atoms with Crippen LogP contribution in [0.5, 0.6) is 5.75 Å². The number of aromatic hydroxyl groups is 1. The van der Waals surface area contributed by atoms with Gasteiger partial charge in [-0.2, -0.15) is 0 Å². The Morgan fingerprint density at radius 1 is 1.44 bits per heavy atom. The van der Waals surface area contributed by atoms with Gasteiger partial charge in [0.25, 0.3) is 0 Å². The summed E-state index contributed by atoms with van der Waals surface area (Å²) in [4.78, 5) is 0. The average Bonchev–Trinajstić information content (AvgIpc) is 2.20. The molecule has 3 rings (SSSR count). The lowest BCUT2D eigenvalue weighted by Gasteiger charge is -2.45. The second kappa shape index (κ2) is 4.04. The normalized spacial score (nSPS) is 31.4. The Hall–Kier alpha value is -0.540. The molecule has 0 amide bonds. The first-order valence-corrected chi connectivity index (χ1v) is 5.74. The summed E-state index contributed by atoms with van der Waals surface area (Å²) in [5, 5.41) is 13.4. The molecular formula is C13H18BrNO. The summed E-state index contributed by atoms with van der Waals surface area (Å²) in [7, 11) is 0. The Bertz CT molecular complexity index is 407. The maximum Gasteiger partial charge on any atom is 0.119 e. The van der Waals surface area contributed by atoms with Crippen LogP contribution in [0.3, 0.4) is 0 Å². The van der Waals surface area contributed by atoms with E-state index in [4.69, 9.17) is 0 Å². The minimum Gasteiger partial charge on any atom is -0.508 e. The third kappa shape index (κ3) is 1.66. The highest BCUT2D eigenvalue weighted by molar-refractivity contribution is 8.93. The predicted octanol–water partition coefficient (Wildman–Crippen LogP) is 2.54. The highest BCUT2D eigenvalue weighted by Crippen LogP contribution is 2.44. The minimum atomic E-state index is 0. The lowest BCUT2D eigenvalue weighted by molar-refractivity contribution is 0.246. The van der Waals surface area contributed by atoms with Gasteiger partial charge in [-0.3, -0.25) is 0 Å². The fraction of sp³-hybridized carbons (Fsp3) is 0.538. The highest BCUT2D eigenvalue weighted by Gasteiger charge is 2.39. The van der Waals surface area contributed by atoms with Gasteiger partial charge in [0.15, 0.2) is 0 Å². The Balaban J connectivity index is 0.000000963. The van der Waals surface area contributed by atoms with Crippen LogP contribution < -0.4 is 5.32 Å². The highest BCUT2D eigenvalue weighted by atomic mass is 79.9. The van der Waals surface area contributed by atoms with Gasteiger partial charge in [0, 0.05) is 6.04 Å². The summed E-state index contributed by atoms with van der Waals surface area (Å²) in [6, 6.07) is 6.53. The van der Waals surface area contributed by atoms with Gasteiger partial charge >= 0.3 is 0 Å². The maximum absolute atomic E-state index is 9.90. The Morgan fingerprint density at radius 3 is 3.06 bits per heavy atom. The van der Waals surface area contributed by atoms with Gasteiger partial charge < -0.3 is 10.4 Å². The molecule has 0 spiro atoms. The number of hydrogen-bond acceptors (Lipinski definition) is 2. The smallest absolute Gasteiger partial charge is 0.119 e. The molecule has 2 aliphatic rings. The molecule has 1 aromatic carbocycles. The van der Waals surface area contributed by atoms with E-state index in [0.717, 1.165) is 13.0 Å². The Morgan fingerprint density at radius 2 is 2.25 bits per heavy atom. The molecular weight excluding hydrogens is 266 g/mol. The van der Waals surface area contributed by atoms with E-state index in [1.807, 2.05) is 12.1 Å². The molecule has 2 nitrogen and oxygen atoms in total. The summed E-state index contributed by atoms with van der Waals surface area (Å²) >= 11 is 0. The molecule has 1 saturated heterocycles. The lowest BCUT2D eigenvalue weighted by Crippen LogP contribution is -2.49. The van der Waals surface area contributed by atoms with Gasteiger partial charge in [0.05, 0.1) is 0 Å². The molecule has 2 atom stereocenters. The van der Waals surface area contributed by atoms with E-state index in [1.165, 1.54) is 24.0 Å². The van der Waals surface area contributed by atoms with E-state index in [1.54, 1.807) is 0 Å². The molecule has 2 bridgehead atoms. The van der Waals surface area contributed by atoms with E-state index < -0.39 is 0 Å². The third-order valence-electron chi connectivity index (χ3n) is 4.06. The van der Waals surface area contributed by atoms with Gasteiger partial charge in [0.2, 0.25) is 0 Å². The summed E-state index contributed by atoms with van der Waals surface area (Å²) in [5.74, 6) is 0.479. The van der Waals surface area contributed by atoms with Crippen molar-refractivity contribution in [2.45, 2.75) is 37.6 Å². The molecule has 1 aliphatic heterocycles. The summed E-state index contributed by atoms with van der Waals surface area (Å²) in [6.45, 7) is 3.44. The van der Waals surface area contributed by atoms with Crippen molar-refractivity contribution in [3.63, 3.8) is 0 Å². The number of phenolic OH excluding ortho intramolecular Hbond substituents is 1. The second-order valence-corrected chi connectivity index (χ2v) is 5.17. The maximum atomic E-state index is 9.90. The fourth-order valence-corrected chi connectivity index (χ4v) is 3.26. The van der Waals surface area contributed by atoms with E-state index >= 15 is 0 Å². The first-order chi connectivity index (χ1) is 7.19. The van der Waals surface area contributed by atoms with Crippen LogP contribution in [0, 0.1) is 0 Å². The van der Waals surface area contributed by atoms with E-state index in [0.29, 0.717) is 11.8 Å². The quantitative estimate of drug-likeness (QED) is 0.767. The zero-order chi connectivity index (χ0) is 10.5. The number of phenols is 1. The monoisotopic (exact) mass is 283 g/mol. The van der Waals surface area contributed by atoms with Crippen LogP contribution in [0.25, 0.3) is 0 Å². The molecule has 2 N–H and O–H groups in total. The van der Waals surface area contributed by atoms with Crippen molar-refractivity contribution in [1.29, 1.82) is 0 Å². The number of hydrogen-bond donors (Lipinski definition) is 2. The van der Waals surface area contributed by atoms with Gasteiger partial charge in [-0.1, -0.05) is 19.1 Å². The standard InChI is InChI=1S/C13H17NO.BrH/c1-13-5-6-14-9(8-13)7-10-11(13)3-2-4-12(10)15;/h2-4,9,14-15H,5-8H2,1H3;1H/t9-,13-;/m0./s1. The zero-order valence-corrected chi connectivity index (χ0v) is 11.2. The largest absolute Gasteiger partial charge is 0.508 e.